The molecule has 3 aromatic heterocycles. The fourth-order valence-corrected chi connectivity index (χ4v) is 8.78. The first-order chi connectivity index (χ1) is 26.7. The largest absolute Gasteiger partial charge is 0.456 e. The summed E-state index contributed by atoms with van der Waals surface area (Å²) in [5, 5.41) is 6.84. The zero-order valence-electron chi connectivity index (χ0n) is 28.9. The standard InChI is InChI=1S/C49H29N3OS/c1-2-10-30(11-3-1)33-14-8-15-34(26-33)31-20-22-32(23-21-31)47-50-48(37-24-25-39-38-16-6-7-19-44(38)54-45(39)29-37)52-49(51-47)40-17-9-18-42-46(40)41-27-35-12-4-5-13-36(35)28-43(41)53-42/h1-29H. The van der Waals surface area contributed by atoms with E-state index in [9.17, 15) is 0 Å². The van der Waals surface area contributed by atoms with E-state index in [1.807, 2.05) is 18.2 Å². The monoisotopic (exact) mass is 707 g/mol. The van der Waals surface area contributed by atoms with Crippen molar-refractivity contribution >= 4 is 64.2 Å². The molecule has 8 aromatic carbocycles. The zero-order chi connectivity index (χ0) is 35.6. The summed E-state index contributed by atoms with van der Waals surface area (Å²) in [5.74, 6) is 1.85. The molecule has 0 bridgehead atoms. The van der Waals surface area contributed by atoms with E-state index in [2.05, 4.69) is 158 Å². The number of furan rings is 1. The fraction of sp³-hybridized carbons (Fsp3) is 0. The van der Waals surface area contributed by atoms with Crippen molar-refractivity contribution in [1.29, 1.82) is 0 Å². The molecule has 54 heavy (non-hydrogen) atoms. The lowest BCUT2D eigenvalue weighted by atomic mass is 9.98. The molecule has 0 spiro atoms. The molecule has 0 atom stereocenters. The predicted molar refractivity (Wildman–Crippen MR) is 225 cm³/mol. The summed E-state index contributed by atoms with van der Waals surface area (Å²) < 4.78 is 8.92. The smallest absolute Gasteiger partial charge is 0.164 e. The third-order valence-electron chi connectivity index (χ3n) is 10.3. The van der Waals surface area contributed by atoms with Gasteiger partial charge in [-0.25, -0.2) is 15.0 Å². The summed E-state index contributed by atoms with van der Waals surface area (Å²) in [7, 11) is 0. The van der Waals surface area contributed by atoms with Gasteiger partial charge in [0, 0.05) is 47.6 Å². The van der Waals surface area contributed by atoms with Gasteiger partial charge in [-0.15, -0.1) is 11.3 Å². The van der Waals surface area contributed by atoms with Crippen LogP contribution in [0.4, 0.5) is 0 Å². The first-order valence-electron chi connectivity index (χ1n) is 18.0. The van der Waals surface area contributed by atoms with Crippen LogP contribution in [0.5, 0.6) is 0 Å². The molecule has 0 saturated carbocycles. The van der Waals surface area contributed by atoms with Crippen LogP contribution in [0.3, 0.4) is 0 Å². The van der Waals surface area contributed by atoms with E-state index in [1.54, 1.807) is 11.3 Å². The van der Waals surface area contributed by atoms with Crippen LogP contribution < -0.4 is 0 Å². The van der Waals surface area contributed by atoms with Crippen LogP contribution in [0, 0.1) is 0 Å². The van der Waals surface area contributed by atoms with E-state index in [4.69, 9.17) is 19.4 Å². The van der Waals surface area contributed by atoms with Crippen molar-refractivity contribution in [1.82, 2.24) is 15.0 Å². The molecule has 11 rings (SSSR count). The average Bonchev–Trinajstić information content (AvgIpc) is 3.80. The Labute approximate surface area is 314 Å². The second kappa shape index (κ2) is 12.3. The Balaban J connectivity index is 1.08. The number of rotatable bonds is 5. The van der Waals surface area contributed by atoms with E-state index in [1.165, 1.54) is 31.3 Å². The van der Waals surface area contributed by atoms with Gasteiger partial charge in [-0.1, -0.05) is 140 Å². The van der Waals surface area contributed by atoms with Crippen molar-refractivity contribution in [3.63, 3.8) is 0 Å². The van der Waals surface area contributed by atoms with E-state index in [0.717, 1.165) is 60.5 Å². The Bertz CT molecular complexity index is 3220. The molecule has 3 heterocycles. The first-order valence-corrected chi connectivity index (χ1v) is 18.8. The fourth-order valence-electron chi connectivity index (χ4n) is 7.64. The Morgan fingerprint density at radius 2 is 0.963 bits per heavy atom. The number of thiophene rings is 1. The number of hydrogen-bond donors (Lipinski definition) is 0. The number of fused-ring (bicyclic) bond motifs is 7. The summed E-state index contributed by atoms with van der Waals surface area (Å²) >= 11 is 1.79. The van der Waals surface area contributed by atoms with Crippen LogP contribution in [0.15, 0.2) is 180 Å². The molecule has 5 heteroatoms. The van der Waals surface area contributed by atoms with Gasteiger partial charge in [-0.2, -0.15) is 0 Å². The molecule has 0 aliphatic heterocycles. The quantitative estimate of drug-likeness (QED) is 0.179. The summed E-state index contributed by atoms with van der Waals surface area (Å²) in [6, 6.07) is 61.6. The normalized spacial score (nSPS) is 11.7. The van der Waals surface area contributed by atoms with E-state index in [-0.39, 0.29) is 0 Å². The number of aromatic nitrogens is 3. The summed E-state index contributed by atoms with van der Waals surface area (Å²) in [4.78, 5) is 15.5. The van der Waals surface area contributed by atoms with Crippen molar-refractivity contribution in [2.45, 2.75) is 0 Å². The maximum absolute atomic E-state index is 6.45. The Kier molecular flexibility index (Phi) is 7.00. The van der Waals surface area contributed by atoms with Gasteiger partial charge in [-0.3, -0.25) is 0 Å². The molecule has 11 aromatic rings. The van der Waals surface area contributed by atoms with E-state index in [0.29, 0.717) is 17.5 Å². The van der Waals surface area contributed by atoms with Crippen molar-refractivity contribution in [3.8, 4) is 56.4 Å². The summed E-state index contributed by atoms with van der Waals surface area (Å²) in [6.45, 7) is 0. The van der Waals surface area contributed by atoms with E-state index < -0.39 is 0 Å². The van der Waals surface area contributed by atoms with Gasteiger partial charge < -0.3 is 4.42 Å². The van der Waals surface area contributed by atoms with Crippen molar-refractivity contribution in [3.05, 3.63) is 176 Å². The Hall–Kier alpha value is -6.95. The van der Waals surface area contributed by atoms with Crippen molar-refractivity contribution in [2.24, 2.45) is 0 Å². The highest BCUT2D eigenvalue weighted by atomic mass is 32.1. The lowest BCUT2D eigenvalue weighted by Crippen LogP contribution is -2.00. The third-order valence-corrected chi connectivity index (χ3v) is 11.5. The highest BCUT2D eigenvalue weighted by Crippen LogP contribution is 2.40. The summed E-state index contributed by atoms with van der Waals surface area (Å²) in [5.41, 5.74) is 9.08. The maximum Gasteiger partial charge on any atom is 0.164 e. The molecular formula is C49H29N3OS. The molecule has 252 valence electrons. The van der Waals surface area contributed by atoms with Gasteiger partial charge in [-0.05, 0) is 69.4 Å². The van der Waals surface area contributed by atoms with E-state index >= 15 is 0 Å². The van der Waals surface area contributed by atoms with Crippen LogP contribution >= 0.6 is 11.3 Å². The molecule has 0 aliphatic carbocycles. The highest BCUT2D eigenvalue weighted by molar-refractivity contribution is 7.25. The molecule has 4 nitrogen and oxygen atoms in total. The second-order valence-electron chi connectivity index (χ2n) is 13.6. The topological polar surface area (TPSA) is 51.8 Å². The van der Waals surface area contributed by atoms with Gasteiger partial charge in [0.1, 0.15) is 11.2 Å². The maximum atomic E-state index is 6.45. The molecule has 0 N–H and O–H groups in total. The Morgan fingerprint density at radius 1 is 0.352 bits per heavy atom. The summed E-state index contributed by atoms with van der Waals surface area (Å²) in [6.07, 6.45) is 0. The predicted octanol–water partition coefficient (Wildman–Crippen LogP) is 13.6. The van der Waals surface area contributed by atoms with Crippen molar-refractivity contribution in [2.75, 3.05) is 0 Å². The van der Waals surface area contributed by atoms with Gasteiger partial charge in [0.2, 0.25) is 0 Å². The molecule has 0 aliphatic rings. The molecule has 0 saturated heterocycles. The number of hydrogen-bond acceptors (Lipinski definition) is 5. The third kappa shape index (κ3) is 5.17. The highest BCUT2D eigenvalue weighted by Gasteiger charge is 2.19. The van der Waals surface area contributed by atoms with Crippen LogP contribution in [0.25, 0.3) is 109 Å². The lowest BCUT2D eigenvalue weighted by molar-refractivity contribution is 0.669. The van der Waals surface area contributed by atoms with Gasteiger partial charge in [0.05, 0.1) is 0 Å². The zero-order valence-corrected chi connectivity index (χ0v) is 29.7. The number of benzene rings is 8. The van der Waals surface area contributed by atoms with Crippen molar-refractivity contribution < 1.29 is 4.42 Å². The van der Waals surface area contributed by atoms with Crippen LogP contribution in [-0.4, -0.2) is 15.0 Å². The minimum atomic E-state index is 0.604. The lowest BCUT2D eigenvalue weighted by Gasteiger charge is -2.10. The SMILES string of the molecule is c1ccc(-c2cccc(-c3ccc(-c4nc(-c5ccc6c(c5)sc5ccccc56)nc(-c5cccc6oc7cc8ccccc8cc7c56)n4)cc3)c2)cc1. The minimum Gasteiger partial charge on any atom is -0.456 e. The molecule has 0 fully saturated rings. The first kappa shape index (κ1) is 30.7. The van der Waals surface area contributed by atoms with Gasteiger partial charge in [0.25, 0.3) is 0 Å². The molecule has 0 amide bonds. The molecule has 0 unspecified atom stereocenters. The van der Waals surface area contributed by atoms with Crippen LogP contribution in [0.1, 0.15) is 0 Å². The minimum absolute atomic E-state index is 0.604. The Morgan fingerprint density at radius 3 is 1.80 bits per heavy atom. The molecular weight excluding hydrogens is 679 g/mol. The van der Waals surface area contributed by atoms with Crippen LogP contribution in [-0.2, 0) is 0 Å². The van der Waals surface area contributed by atoms with Crippen LogP contribution in [0.2, 0.25) is 0 Å². The molecule has 0 radical (unpaired) electrons. The van der Waals surface area contributed by atoms with Gasteiger partial charge in [0.15, 0.2) is 17.5 Å². The second-order valence-corrected chi connectivity index (χ2v) is 14.7. The van der Waals surface area contributed by atoms with Gasteiger partial charge >= 0.3 is 0 Å². The number of nitrogens with zero attached hydrogens (tertiary/aromatic N) is 3. The average molecular weight is 708 g/mol.